The first-order chi connectivity index (χ1) is 17.1. The Kier molecular flexibility index (Phi) is 11.7. The Morgan fingerprint density at radius 1 is 0.946 bits per heavy atom. The summed E-state index contributed by atoms with van der Waals surface area (Å²) in [4.78, 5) is 35.8. The van der Waals surface area contributed by atoms with E-state index in [4.69, 9.17) is 0 Å². The third-order valence-electron chi connectivity index (χ3n) is 5.07. The smallest absolute Gasteiger partial charge is 0.278 e. The number of nitrogens with zero attached hydrogens (tertiary/aromatic N) is 3. The first-order valence-electron chi connectivity index (χ1n) is 10.5. The van der Waals surface area contributed by atoms with Crippen molar-refractivity contribution in [3.05, 3.63) is 126 Å². The summed E-state index contributed by atoms with van der Waals surface area (Å²) in [6.07, 6.45) is 0. The number of fused-ring (bicyclic) bond motifs is 1. The van der Waals surface area contributed by atoms with Crippen LogP contribution < -0.4 is 4.90 Å². The number of carbonyl (C=O) groups excluding carboxylic acids is 1. The summed E-state index contributed by atoms with van der Waals surface area (Å²) in [6.45, 7) is 5.13. The van der Waals surface area contributed by atoms with Crippen LogP contribution in [0.1, 0.15) is 18.1 Å². The number of nitro benzene ring substituents is 2. The van der Waals surface area contributed by atoms with E-state index in [2.05, 4.69) is 44.8 Å². The number of non-ortho nitro benzene ring substituents is 1. The van der Waals surface area contributed by atoms with Gasteiger partial charge in [0.25, 0.3) is 5.69 Å². The van der Waals surface area contributed by atoms with Gasteiger partial charge in [-0.05, 0) is 32.3 Å². The summed E-state index contributed by atoms with van der Waals surface area (Å²) in [5.41, 5.74) is 1.08. The second kappa shape index (κ2) is 14.0. The van der Waals surface area contributed by atoms with Gasteiger partial charge in [0.05, 0.1) is 11.5 Å². The molecule has 0 aromatic heterocycles. The molecule has 0 atom stereocenters. The van der Waals surface area contributed by atoms with Crippen molar-refractivity contribution in [1.82, 2.24) is 0 Å². The van der Waals surface area contributed by atoms with Crippen LogP contribution in [-0.2, 0) is 11.3 Å². The fourth-order valence-corrected chi connectivity index (χ4v) is 4.55. The molecule has 187 valence electrons. The maximum absolute atomic E-state index is 12.4. The van der Waals surface area contributed by atoms with Crippen LogP contribution in [0, 0.1) is 77.3 Å². The van der Waals surface area contributed by atoms with Gasteiger partial charge in [-0.1, -0.05) is 68.9 Å². The summed E-state index contributed by atoms with van der Waals surface area (Å²) in [7, 11) is 0. The van der Waals surface area contributed by atoms with E-state index in [1.54, 1.807) is 24.3 Å². The summed E-state index contributed by atoms with van der Waals surface area (Å²) < 4.78 is 0.396. The van der Waals surface area contributed by atoms with E-state index in [1.807, 2.05) is 36.4 Å². The fourth-order valence-electron chi connectivity index (χ4n) is 3.50. The average Bonchev–Trinajstić information content (AvgIpc) is 2.83. The number of carbonyl (C=O) groups is 1. The molecular formula is C26H19AcBr2N3O5-2. The van der Waals surface area contributed by atoms with Crippen LogP contribution in [0.15, 0.2) is 81.7 Å². The zero-order valence-electron chi connectivity index (χ0n) is 19.6. The van der Waals surface area contributed by atoms with Gasteiger partial charge < -0.3 is 4.90 Å². The molecule has 1 radical (unpaired) electrons. The van der Waals surface area contributed by atoms with Crippen LogP contribution in [0.2, 0.25) is 0 Å². The minimum atomic E-state index is -0.657. The number of benzene rings is 4. The van der Waals surface area contributed by atoms with Crippen molar-refractivity contribution in [3.63, 3.8) is 0 Å². The Labute approximate surface area is 266 Å². The van der Waals surface area contributed by atoms with E-state index < -0.39 is 27.1 Å². The molecule has 1 amide bonds. The second-order valence-electron chi connectivity index (χ2n) is 7.57. The van der Waals surface area contributed by atoms with E-state index in [0.717, 1.165) is 11.1 Å². The topological polar surface area (TPSA) is 107 Å². The van der Waals surface area contributed by atoms with E-state index in [1.165, 1.54) is 24.0 Å². The SMILES string of the molecule is CC(=O)N(Cc1ccccc1)c1c(Br)cc2c([N+](=O)[O-])[c-]c(Br)cc2c1[N+](=O)[O-].[Ac].[CH2-]c1ccccc1. The second-order valence-corrected chi connectivity index (χ2v) is 9.28. The molecule has 4 rings (SSSR count). The Morgan fingerprint density at radius 2 is 1.51 bits per heavy atom. The van der Waals surface area contributed by atoms with Crippen molar-refractivity contribution in [2.45, 2.75) is 13.5 Å². The van der Waals surface area contributed by atoms with Crippen molar-refractivity contribution in [1.29, 1.82) is 0 Å². The van der Waals surface area contributed by atoms with Crippen LogP contribution in [0.25, 0.3) is 10.8 Å². The van der Waals surface area contributed by atoms with Gasteiger partial charge >= 0.3 is 0 Å². The molecule has 0 fully saturated rings. The Bertz CT molecular complexity index is 1440. The quantitative estimate of drug-likeness (QED) is 0.118. The Hall–Kier alpha value is -2.32. The largest absolute Gasteiger partial charge is 0.301 e. The molecule has 4 aromatic carbocycles. The maximum atomic E-state index is 12.4. The van der Waals surface area contributed by atoms with Crippen molar-refractivity contribution < 1.29 is 58.7 Å². The summed E-state index contributed by atoms with van der Waals surface area (Å²) in [5, 5.41) is 23.5. The number of halogens is 2. The molecule has 0 N–H and O–H groups in total. The fraction of sp³-hybridized carbons (Fsp3) is 0.0769. The van der Waals surface area contributed by atoms with Crippen LogP contribution in [0.5, 0.6) is 0 Å². The first kappa shape index (κ1) is 30.9. The molecule has 37 heavy (non-hydrogen) atoms. The molecule has 0 saturated carbocycles. The van der Waals surface area contributed by atoms with Crippen molar-refractivity contribution in [2.75, 3.05) is 4.90 Å². The van der Waals surface area contributed by atoms with Gasteiger partial charge in [0.1, 0.15) is 5.69 Å². The predicted octanol–water partition coefficient (Wildman–Crippen LogP) is 7.40. The third-order valence-corrected chi connectivity index (χ3v) is 6.10. The van der Waals surface area contributed by atoms with Gasteiger partial charge in [0.15, 0.2) is 5.69 Å². The molecule has 4 aromatic rings. The normalized spacial score (nSPS) is 10.0. The van der Waals surface area contributed by atoms with E-state index in [-0.39, 0.29) is 76.0 Å². The van der Waals surface area contributed by atoms with Crippen molar-refractivity contribution in [2.24, 2.45) is 0 Å². The number of amides is 1. The van der Waals surface area contributed by atoms with Crippen molar-refractivity contribution >= 4 is 65.6 Å². The van der Waals surface area contributed by atoms with Gasteiger partial charge in [0, 0.05) is 60.4 Å². The van der Waals surface area contributed by atoms with Crippen molar-refractivity contribution in [3.8, 4) is 0 Å². The number of anilines is 1. The third kappa shape index (κ3) is 7.84. The minimum absolute atomic E-state index is 0. The molecule has 0 bridgehead atoms. The van der Waals surface area contributed by atoms with Gasteiger partial charge in [-0.2, -0.15) is 24.6 Å². The van der Waals surface area contributed by atoms with Crippen LogP contribution in [0.4, 0.5) is 17.1 Å². The zero-order valence-corrected chi connectivity index (χ0v) is 27.5. The van der Waals surface area contributed by atoms with E-state index in [9.17, 15) is 25.0 Å². The molecule has 11 heteroatoms. The molecular weight excluding hydrogens is 821 g/mol. The molecule has 0 spiro atoms. The average molecular weight is 840 g/mol. The molecule has 0 heterocycles. The zero-order chi connectivity index (χ0) is 26.4. The minimum Gasteiger partial charge on any atom is -0.301 e. The molecule has 0 saturated heterocycles. The number of nitro groups is 2. The maximum Gasteiger partial charge on any atom is 0.278 e. The number of hydrogen-bond acceptors (Lipinski definition) is 5. The monoisotopic (exact) mass is 838 g/mol. The summed E-state index contributed by atoms with van der Waals surface area (Å²) >= 11 is 6.40. The number of rotatable bonds is 5. The van der Waals surface area contributed by atoms with Gasteiger partial charge in [0.2, 0.25) is 5.91 Å². The van der Waals surface area contributed by atoms with E-state index in [0.29, 0.717) is 0 Å². The van der Waals surface area contributed by atoms with E-state index >= 15 is 0 Å². The van der Waals surface area contributed by atoms with Crippen LogP contribution >= 0.6 is 31.9 Å². The summed E-state index contributed by atoms with van der Waals surface area (Å²) in [5.74, 6) is -0.409. The molecule has 0 aliphatic carbocycles. The number of hydrogen-bond donors (Lipinski definition) is 0. The molecule has 0 aliphatic heterocycles. The first-order valence-corrected chi connectivity index (χ1v) is 12.0. The molecule has 0 unspecified atom stereocenters. The van der Waals surface area contributed by atoms with Crippen LogP contribution in [0.3, 0.4) is 0 Å². The molecule has 0 aliphatic rings. The van der Waals surface area contributed by atoms with Gasteiger partial charge in [-0.3, -0.25) is 25.0 Å². The van der Waals surface area contributed by atoms with Gasteiger partial charge in [-0.25, -0.2) is 0 Å². The summed E-state index contributed by atoms with van der Waals surface area (Å²) in [6, 6.07) is 24.2. The Morgan fingerprint density at radius 3 is 1.97 bits per heavy atom. The standard InChI is InChI=1S/C19H12Br2N3O5.C7H7.Ac/c1-11(25)22(10-12-5-3-2-4-6-12)19-16(21)9-14-15(18(19)24(28)29)7-13(20)8-17(14)23(26)27;1-7-5-3-2-4-6-7;/h2-7,9H,10H2,1H3;2-6H,1H2;/q2*-1;. The predicted molar refractivity (Wildman–Crippen MR) is 146 cm³/mol. The Balaban J connectivity index is 0.000000520. The van der Waals surface area contributed by atoms with Gasteiger partial charge in [-0.15, -0.1) is 18.2 Å². The van der Waals surface area contributed by atoms with Crippen LogP contribution in [-0.4, -0.2) is 15.8 Å². The molecule has 8 nitrogen and oxygen atoms in total.